The smallest absolute Gasteiger partial charge is 0.341 e. The number of ether oxygens (including phenoxy) is 1. The molecule has 1 saturated carbocycles. The Kier molecular flexibility index (Phi) is 6.71. The zero-order chi connectivity index (χ0) is 21.0. The molecule has 158 valence electrons. The van der Waals surface area contributed by atoms with E-state index in [9.17, 15) is 19.7 Å². The molecule has 1 saturated heterocycles. The third-order valence-corrected chi connectivity index (χ3v) is 6.25. The standard InChI is InChI=1S/C21H29N3O5/c1-14-6-5-7-18(15(14)2)22-20(25)13-29-21(26)17-12-16(24(27)28)8-9-19(17)23-10-3-4-11-23/h8-9,12,14-15,18H,3-7,10-11,13H2,1-2H3,(H,22,25)/t14-,15+,18-/m0/s1. The number of nitrogens with zero attached hydrogens (tertiary/aromatic N) is 2. The summed E-state index contributed by atoms with van der Waals surface area (Å²) >= 11 is 0. The molecule has 0 unspecified atom stereocenters. The summed E-state index contributed by atoms with van der Waals surface area (Å²) in [5, 5.41) is 14.1. The van der Waals surface area contributed by atoms with Crippen molar-refractivity contribution < 1.29 is 19.2 Å². The van der Waals surface area contributed by atoms with Crippen LogP contribution in [0.1, 0.15) is 56.3 Å². The van der Waals surface area contributed by atoms with Crippen molar-refractivity contribution in [3.8, 4) is 0 Å². The number of esters is 1. The van der Waals surface area contributed by atoms with E-state index in [4.69, 9.17) is 4.74 Å². The summed E-state index contributed by atoms with van der Waals surface area (Å²) in [7, 11) is 0. The first-order valence-electron chi connectivity index (χ1n) is 10.4. The van der Waals surface area contributed by atoms with Gasteiger partial charge in [0.25, 0.3) is 11.6 Å². The summed E-state index contributed by atoms with van der Waals surface area (Å²) in [5.41, 5.74) is 0.580. The molecule has 1 N–H and O–H groups in total. The fraction of sp³-hybridized carbons (Fsp3) is 0.619. The van der Waals surface area contributed by atoms with Crippen molar-refractivity contribution in [1.82, 2.24) is 5.32 Å². The summed E-state index contributed by atoms with van der Waals surface area (Å²) in [4.78, 5) is 37.6. The van der Waals surface area contributed by atoms with E-state index < -0.39 is 17.5 Å². The van der Waals surface area contributed by atoms with Gasteiger partial charge in [0.15, 0.2) is 6.61 Å². The third-order valence-electron chi connectivity index (χ3n) is 6.25. The first-order chi connectivity index (χ1) is 13.9. The van der Waals surface area contributed by atoms with Gasteiger partial charge >= 0.3 is 5.97 Å². The van der Waals surface area contributed by atoms with Gasteiger partial charge in [-0.05, 0) is 37.2 Å². The molecule has 29 heavy (non-hydrogen) atoms. The highest BCUT2D eigenvalue weighted by Gasteiger charge is 2.29. The van der Waals surface area contributed by atoms with Crippen molar-refractivity contribution in [3.63, 3.8) is 0 Å². The maximum Gasteiger partial charge on any atom is 0.341 e. The van der Waals surface area contributed by atoms with Gasteiger partial charge in [-0.3, -0.25) is 14.9 Å². The molecule has 1 aromatic rings. The highest BCUT2D eigenvalue weighted by Crippen LogP contribution is 2.30. The second-order valence-corrected chi connectivity index (χ2v) is 8.17. The van der Waals surface area contributed by atoms with Crippen molar-refractivity contribution in [3.05, 3.63) is 33.9 Å². The molecule has 2 fully saturated rings. The quantitative estimate of drug-likeness (QED) is 0.444. The van der Waals surface area contributed by atoms with Crippen LogP contribution in [0.2, 0.25) is 0 Å². The number of benzene rings is 1. The Hall–Kier alpha value is -2.64. The zero-order valence-electron chi connectivity index (χ0n) is 17.1. The van der Waals surface area contributed by atoms with Crippen LogP contribution in [0.4, 0.5) is 11.4 Å². The van der Waals surface area contributed by atoms with E-state index in [1.54, 1.807) is 6.07 Å². The van der Waals surface area contributed by atoms with E-state index in [1.165, 1.54) is 12.1 Å². The van der Waals surface area contributed by atoms with E-state index in [-0.39, 0.29) is 23.2 Å². The molecule has 1 amide bonds. The van der Waals surface area contributed by atoms with Crippen molar-refractivity contribution in [2.24, 2.45) is 11.8 Å². The third kappa shape index (κ3) is 5.05. The summed E-state index contributed by atoms with van der Waals surface area (Å²) in [5.74, 6) is -0.125. The molecule has 0 spiro atoms. The highest BCUT2D eigenvalue weighted by atomic mass is 16.6. The summed E-state index contributed by atoms with van der Waals surface area (Å²) in [6.45, 7) is 5.50. The van der Waals surface area contributed by atoms with Crippen LogP contribution >= 0.6 is 0 Å². The maximum atomic E-state index is 12.7. The fourth-order valence-electron chi connectivity index (χ4n) is 4.28. The Balaban J connectivity index is 1.65. The summed E-state index contributed by atoms with van der Waals surface area (Å²) < 4.78 is 5.23. The Labute approximate surface area is 170 Å². The maximum absolute atomic E-state index is 12.7. The number of anilines is 1. The van der Waals surface area contributed by atoms with E-state index in [0.717, 1.165) is 45.2 Å². The molecule has 2 aliphatic rings. The highest BCUT2D eigenvalue weighted by molar-refractivity contribution is 5.97. The summed E-state index contributed by atoms with van der Waals surface area (Å²) in [6, 6.07) is 4.30. The Morgan fingerprint density at radius 1 is 1.21 bits per heavy atom. The van der Waals surface area contributed by atoms with Crippen molar-refractivity contribution in [2.45, 2.75) is 52.0 Å². The summed E-state index contributed by atoms with van der Waals surface area (Å²) in [6.07, 6.45) is 5.17. The number of nitrogens with one attached hydrogen (secondary N) is 1. The molecule has 8 nitrogen and oxygen atoms in total. The molecule has 8 heteroatoms. The molecule has 3 atom stereocenters. The number of nitro benzene ring substituents is 1. The van der Waals surface area contributed by atoms with Gasteiger partial charge in [-0.15, -0.1) is 0 Å². The van der Waals surface area contributed by atoms with Gasteiger partial charge in [-0.1, -0.05) is 26.7 Å². The number of carbonyl (C=O) groups is 2. The topological polar surface area (TPSA) is 102 Å². The molecule has 0 bridgehead atoms. The van der Waals surface area contributed by atoms with Crippen molar-refractivity contribution >= 4 is 23.3 Å². The predicted octanol–water partition coefficient (Wildman–Crippen LogP) is 3.29. The molecule has 0 radical (unpaired) electrons. The van der Waals surface area contributed by atoms with Crippen LogP contribution < -0.4 is 10.2 Å². The van der Waals surface area contributed by atoms with Gasteiger partial charge in [0.2, 0.25) is 0 Å². The number of hydrogen-bond donors (Lipinski definition) is 1. The Morgan fingerprint density at radius 2 is 1.93 bits per heavy atom. The average Bonchev–Trinajstić information content (AvgIpc) is 3.24. The van der Waals surface area contributed by atoms with Crippen molar-refractivity contribution in [1.29, 1.82) is 0 Å². The number of amides is 1. The van der Waals surface area contributed by atoms with Crippen LogP contribution in [0.3, 0.4) is 0 Å². The largest absolute Gasteiger partial charge is 0.452 e. The van der Waals surface area contributed by atoms with E-state index in [1.807, 2.05) is 4.90 Å². The number of carbonyl (C=O) groups excluding carboxylic acids is 2. The predicted molar refractivity (Wildman–Crippen MR) is 109 cm³/mol. The molecule has 3 rings (SSSR count). The Bertz CT molecular complexity index is 776. The number of hydrogen-bond acceptors (Lipinski definition) is 6. The minimum Gasteiger partial charge on any atom is -0.452 e. The fourth-order valence-corrected chi connectivity index (χ4v) is 4.28. The number of non-ortho nitro benzene ring substituents is 1. The van der Waals surface area contributed by atoms with E-state index >= 15 is 0 Å². The van der Waals surface area contributed by atoms with Crippen LogP contribution in [0.15, 0.2) is 18.2 Å². The van der Waals surface area contributed by atoms with Gasteiger partial charge in [0.05, 0.1) is 16.2 Å². The number of nitro groups is 1. The lowest BCUT2D eigenvalue weighted by Crippen LogP contribution is -2.45. The van der Waals surface area contributed by atoms with Gasteiger partial charge in [0.1, 0.15) is 0 Å². The first kappa shape index (κ1) is 21.1. The normalized spacial score (nSPS) is 24.2. The lowest BCUT2D eigenvalue weighted by Gasteiger charge is -2.34. The molecule has 1 aliphatic heterocycles. The molecule has 0 aromatic heterocycles. The van der Waals surface area contributed by atoms with Crippen LogP contribution in [-0.2, 0) is 9.53 Å². The van der Waals surface area contributed by atoms with Gasteiger partial charge in [-0.2, -0.15) is 0 Å². The second kappa shape index (κ2) is 9.24. The molecule has 1 heterocycles. The molecule has 1 aliphatic carbocycles. The molecule has 1 aromatic carbocycles. The molecular weight excluding hydrogens is 374 g/mol. The Morgan fingerprint density at radius 3 is 2.62 bits per heavy atom. The van der Waals surface area contributed by atoms with Crippen LogP contribution in [0.25, 0.3) is 0 Å². The average molecular weight is 403 g/mol. The van der Waals surface area contributed by atoms with Gasteiger partial charge in [-0.25, -0.2) is 4.79 Å². The van der Waals surface area contributed by atoms with E-state index in [2.05, 4.69) is 19.2 Å². The van der Waals surface area contributed by atoms with Gasteiger partial charge in [0, 0.05) is 31.3 Å². The second-order valence-electron chi connectivity index (χ2n) is 8.17. The van der Waals surface area contributed by atoms with Crippen molar-refractivity contribution in [2.75, 3.05) is 24.6 Å². The number of rotatable bonds is 6. The van der Waals surface area contributed by atoms with E-state index in [0.29, 0.717) is 17.5 Å². The minimum absolute atomic E-state index is 0.0860. The SMILES string of the molecule is C[C@H]1[C@@H](NC(=O)COC(=O)c2cc([N+](=O)[O-])ccc2N2CCCC2)CCC[C@@H]1C. The zero-order valence-corrected chi connectivity index (χ0v) is 17.1. The lowest BCUT2D eigenvalue weighted by atomic mass is 9.78. The molecular formula is C21H29N3O5. The van der Waals surface area contributed by atoms with Crippen LogP contribution in [0.5, 0.6) is 0 Å². The minimum atomic E-state index is -0.712. The van der Waals surface area contributed by atoms with Crippen LogP contribution in [0, 0.1) is 22.0 Å². The lowest BCUT2D eigenvalue weighted by molar-refractivity contribution is -0.384. The monoisotopic (exact) mass is 403 g/mol. The van der Waals surface area contributed by atoms with Crippen LogP contribution in [-0.4, -0.2) is 42.5 Å². The first-order valence-corrected chi connectivity index (χ1v) is 10.4. The van der Waals surface area contributed by atoms with Gasteiger partial charge < -0.3 is 15.0 Å².